The van der Waals surface area contributed by atoms with Gasteiger partial charge < -0.3 is 21.3 Å². The zero-order chi connectivity index (χ0) is 39.9. The van der Waals surface area contributed by atoms with E-state index < -0.39 is 11.8 Å². The predicted octanol–water partition coefficient (Wildman–Crippen LogP) is 8.02. The molecule has 0 bridgehead atoms. The quantitative estimate of drug-likeness (QED) is 0.142. The minimum Gasteiger partial charge on any atom is -0.368 e. The molecule has 2 aliphatic rings. The van der Waals surface area contributed by atoms with E-state index in [1.54, 1.807) is 16.8 Å². The van der Waals surface area contributed by atoms with Gasteiger partial charge in [0.25, 0.3) is 5.92 Å². The lowest BCUT2D eigenvalue weighted by atomic mass is 9.95. The average Bonchev–Trinajstić information content (AvgIpc) is 3.87. The highest BCUT2D eigenvalue weighted by Gasteiger charge is 2.41. The molecule has 4 heterocycles. The van der Waals surface area contributed by atoms with Crippen molar-refractivity contribution in [2.75, 3.05) is 42.9 Å². The molecule has 2 saturated heterocycles. The number of halogens is 2. The van der Waals surface area contributed by atoms with Crippen molar-refractivity contribution in [3.05, 3.63) is 131 Å². The van der Waals surface area contributed by atoms with Gasteiger partial charge in [0.1, 0.15) is 5.82 Å². The Bertz CT molecular complexity index is 2340. The van der Waals surface area contributed by atoms with Gasteiger partial charge in [-0.15, -0.1) is 10.2 Å². The molecule has 57 heavy (non-hydrogen) atoms. The largest absolute Gasteiger partial charge is 0.368 e. The first kappa shape index (κ1) is 38.9. The maximum atomic E-state index is 14.2. The number of nitrogens with zero attached hydrogens (tertiary/aromatic N) is 7. The van der Waals surface area contributed by atoms with E-state index in [2.05, 4.69) is 70.0 Å². The van der Waals surface area contributed by atoms with Crippen molar-refractivity contribution in [3.63, 3.8) is 0 Å². The Morgan fingerprint density at radius 1 is 0.754 bits per heavy atom. The fourth-order valence-electron chi connectivity index (χ4n) is 7.06. The SMILES string of the molecule is Cc1ccc(-c2cc(N3CCC(N)CC3)nn2-c2ccc(C#N)cc2)cc1.Cc1ccc(-c2cc(NC[C@@H]3CNCCC3(F)F)nn2-c2ccc(C#N)cc2)cc1. The molecule has 4 aromatic carbocycles. The monoisotopic (exact) mass is 764 g/mol. The van der Waals surface area contributed by atoms with Crippen LogP contribution < -0.4 is 21.3 Å². The lowest BCUT2D eigenvalue weighted by molar-refractivity contribution is -0.0728. The molecule has 4 N–H and O–H groups in total. The summed E-state index contributed by atoms with van der Waals surface area (Å²) >= 11 is 0. The minimum atomic E-state index is -2.69. The lowest BCUT2D eigenvalue weighted by Gasteiger charge is -2.31. The zero-order valence-electron chi connectivity index (χ0n) is 32.2. The summed E-state index contributed by atoms with van der Waals surface area (Å²) in [5.41, 5.74) is 15.4. The Hall–Kier alpha value is -6.34. The number of nitrogens with one attached hydrogen (secondary N) is 2. The van der Waals surface area contributed by atoms with Gasteiger partial charge in [0.15, 0.2) is 5.82 Å². The van der Waals surface area contributed by atoms with Gasteiger partial charge in [0.2, 0.25) is 0 Å². The topological polar surface area (TPSA) is 137 Å². The van der Waals surface area contributed by atoms with Crippen LogP contribution in [0.3, 0.4) is 0 Å². The summed E-state index contributed by atoms with van der Waals surface area (Å²) in [4.78, 5) is 2.31. The average molecular weight is 765 g/mol. The molecule has 290 valence electrons. The number of anilines is 2. The van der Waals surface area contributed by atoms with Gasteiger partial charge in [-0.3, -0.25) is 0 Å². The van der Waals surface area contributed by atoms with Crippen LogP contribution in [-0.2, 0) is 0 Å². The molecular formula is C45H46F2N10. The third-order valence-electron chi connectivity index (χ3n) is 10.6. The maximum absolute atomic E-state index is 14.2. The van der Waals surface area contributed by atoms with Crippen LogP contribution in [0.15, 0.2) is 109 Å². The van der Waals surface area contributed by atoms with Crippen molar-refractivity contribution in [2.45, 2.75) is 45.1 Å². The first-order valence-corrected chi connectivity index (χ1v) is 19.3. The highest BCUT2D eigenvalue weighted by atomic mass is 19.3. The molecule has 1 atom stereocenters. The molecular weight excluding hydrogens is 719 g/mol. The molecule has 0 unspecified atom stereocenters. The first-order chi connectivity index (χ1) is 27.6. The summed E-state index contributed by atoms with van der Waals surface area (Å²) in [6.07, 6.45) is 1.83. The maximum Gasteiger partial charge on any atom is 0.255 e. The van der Waals surface area contributed by atoms with Crippen molar-refractivity contribution in [3.8, 4) is 46.0 Å². The normalized spacial score (nSPS) is 16.5. The van der Waals surface area contributed by atoms with E-state index >= 15 is 0 Å². The molecule has 12 heteroatoms. The molecule has 10 nitrogen and oxygen atoms in total. The third-order valence-corrected chi connectivity index (χ3v) is 10.6. The van der Waals surface area contributed by atoms with Crippen molar-refractivity contribution in [1.82, 2.24) is 24.9 Å². The van der Waals surface area contributed by atoms with E-state index in [1.165, 1.54) is 5.56 Å². The number of nitrogens with two attached hydrogens (primary N) is 1. The zero-order valence-corrected chi connectivity index (χ0v) is 32.2. The van der Waals surface area contributed by atoms with Crippen molar-refractivity contribution < 1.29 is 8.78 Å². The second-order valence-corrected chi connectivity index (χ2v) is 14.8. The Balaban J connectivity index is 0.000000175. The molecule has 0 aliphatic carbocycles. The second kappa shape index (κ2) is 17.2. The number of benzene rings is 4. The number of aryl methyl sites for hydroxylation is 2. The van der Waals surface area contributed by atoms with Crippen molar-refractivity contribution in [2.24, 2.45) is 11.7 Å². The van der Waals surface area contributed by atoms with Gasteiger partial charge in [-0.1, -0.05) is 59.7 Å². The molecule has 6 aromatic rings. The summed E-state index contributed by atoms with van der Waals surface area (Å²) in [5.74, 6) is -1.96. The molecule has 0 amide bonds. The van der Waals surface area contributed by atoms with Crippen molar-refractivity contribution in [1.29, 1.82) is 10.5 Å². The van der Waals surface area contributed by atoms with Crippen LogP contribution in [0.2, 0.25) is 0 Å². The predicted molar refractivity (Wildman–Crippen MR) is 221 cm³/mol. The summed E-state index contributed by atoms with van der Waals surface area (Å²) < 4.78 is 32.1. The van der Waals surface area contributed by atoms with Crippen LogP contribution in [0.5, 0.6) is 0 Å². The number of nitriles is 2. The van der Waals surface area contributed by atoms with Crippen LogP contribution in [0.4, 0.5) is 20.4 Å². The van der Waals surface area contributed by atoms with E-state index in [1.807, 2.05) is 78.3 Å². The summed E-state index contributed by atoms with van der Waals surface area (Å²) in [5, 5.41) is 33.8. The standard InChI is InChI=1S/C23H23F2N5.C22H23N5/c1-16-2-6-18(7-3-16)21-12-22(28-15-19-14-27-11-10-23(19,24)25)29-30(21)20-8-4-17(13-26)5-9-20;1-16-2-6-18(7-3-16)21-14-22(26-12-10-19(24)11-13-26)25-27(21)20-8-4-17(15-23)5-9-20/h2-9,12,19,27H,10-11,14-15H2,1H3,(H,28,29);2-9,14,19H,10-13,24H2,1H3/t19-;/m0./s1. The number of aromatic nitrogens is 4. The van der Waals surface area contributed by atoms with E-state index in [0.717, 1.165) is 71.2 Å². The summed E-state index contributed by atoms with van der Waals surface area (Å²) in [7, 11) is 0. The summed E-state index contributed by atoms with van der Waals surface area (Å²) in [6, 6.07) is 39.8. The van der Waals surface area contributed by atoms with E-state index in [0.29, 0.717) is 29.5 Å². The molecule has 0 spiro atoms. The van der Waals surface area contributed by atoms with Gasteiger partial charge in [-0.05, 0) is 75.2 Å². The number of alkyl halides is 2. The van der Waals surface area contributed by atoms with Gasteiger partial charge >= 0.3 is 0 Å². The Morgan fingerprint density at radius 2 is 1.26 bits per heavy atom. The van der Waals surface area contributed by atoms with Gasteiger partial charge in [-0.25, -0.2) is 18.1 Å². The fraction of sp³-hybridized carbons (Fsp3) is 0.289. The highest BCUT2D eigenvalue weighted by Crippen LogP contribution is 2.32. The highest BCUT2D eigenvalue weighted by molar-refractivity contribution is 5.68. The third kappa shape index (κ3) is 9.21. The Kier molecular flexibility index (Phi) is 11.7. The summed E-state index contributed by atoms with van der Waals surface area (Å²) in [6.45, 7) is 6.72. The van der Waals surface area contributed by atoms with Gasteiger partial charge in [0, 0.05) is 68.4 Å². The lowest BCUT2D eigenvalue weighted by Crippen LogP contribution is -2.47. The van der Waals surface area contributed by atoms with Gasteiger partial charge in [-0.2, -0.15) is 10.5 Å². The first-order valence-electron chi connectivity index (χ1n) is 19.3. The molecule has 0 radical (unpaired) electrons. The van der Waals surface area contributed by atoms with Crippen LogP contribution in [0.25, 0.3) is 33.9 Å². The van der Waals surface area contributed by atoms with Crippen LogP contribution in [0, 0.1) is 42.4 Å². The van der Waals surface area contributed by atoms with E-state index in [4.69, 9.17) is 21.4 Å². The molecule has 2 fully saturated rings. The van der Waals surface area contributed by atoms with Crippen molar-refractivity contribution >= 4 is 11.6 Å². The smallest absolute Gasteiger partial charge is 0.255 e. The number of rotatable bonds is 8. The number of hydrogen-bond acceptors (Lipinski definition) is 8. The van der Waals surface area contributed by atoms with Gasteiger partial charge in [0.05, 0.1) is 51.9 Å². The fourth-order valence-corrected chi connectivity index (χ4v) is 7.06. The van der Waals surface area contributed by atoms with Crippen LogP contribution in [-0.4, -0.2) is 64.2 Å². The second-order valence-electron chi connectivity index (χ2n) is 14.8. The van der Waals surface area contributed by atoms with Crippen LogP contribution >= 0.6 is 0 Å². The molecule has 2 aliphatic heterocycles. The minimum absolute atomic E-state index is 0.137. The molecule has 8 rings (SSSR count). The number of piperidine rings is 2. The molecule has 2 aromatic heterocycles. The van der Waals surface area contributed by atoms with Crippen LogP contribution in [0.1, 0.15) is 41.5 Å². The Labute approximate surface area is 332 Å². The van der Waals surface area contributed by atoms with E-state index in [9.17, 15) is 8.78 Å². The number of hydrogen-bond donors (Lipinski definition) is 3. The molecule has 0 saturated carbocycles. The Morgan fingerprint density at radius 3 is 1.77 bits per heavy atom. The van der Waals surface area contributed by atoms with E-state index in [-0.39, 0.29) is 19.5 Å².